The molecule has 0 bridgehead atoms. The van der Waals surface area contributed by atoms with Gasteiger partial charge in [0.15, 0.2) is 0 Å². The van der Waals surface area contributed by atoms with Gasteiger partial charge in [-0.15, -0.1) is 11.3 Å². The molecule has 0 aliphatic rings. The third-order valence-electron chi connectivity index (χ3n) is 3.01. The molecule has 21 heavy (non-hydrogen) atoms. The minimum Gasteiger partial charge on any atom is -0.435 e. The standard InChI is InChI=1S/C15H16BrF2NOS/c1-3-19-14(13-8-12(16)9(2)21-13)10-4-6-11(7-5-10)20-15(17)18/h4-8,14-15,19H,3H2,1-2H3. The van der Waals surface area contributed by atoms with Gasteiger partial charge in [0.2, 0.25) is 0 Å². The Morgan fingerprint density at radius 1 is 1.29 bits per heavy atom. The molecule has 2 aromatic rings. The molecule has 0 spiro atoms. The Morgan fingerprint density at radius 3 is 2.43 bits per heavy atom. The van der Waals surface area contributed by atoms with Crippen molar-refractivity contribution in [3.05, 3.63) is 50.1 Å². The van der Waals surface area contributed by atoms with Crippen LogP contribution < -0.4 is 10.1 Å². The van der Waals surface area contributed by atoms with E-state index >= 15 is 0 Å². The quantitative estimate of drug-likeness (QED) is 0.756. The lowest BCUT2D eigenvalue weighted by atomic mass is 10.1. The summed E-state index contributed by atoms with van der Waals surface area (Å²) < 4.78 is 29.8. The molecule has 1 unspecified atom stereocenters. The Morgan fingerprint density at radius 2 is 1.95 bits per heavy atom. The summed E-state index contributed by atoms with van der Waals surface area (Å²) >= 11 is 5.24. The van der Waals surface area contributed by atoms with Crippen molar-refractivity contribution >= 4 is 27.3 Å². The Balaban J connectivity index is 2.25. The van der Waals surface area contributed by atoms with E-state index < -0.39 is 6.61 Å². The molecule has 0 saturated heterocycles. The molecule has 114 valence electrons. The molecule has 0 aliphatic heterocycles. The van der Waals surface area contributed by atoms with Crippen LogP contribution in [-0.4, -0.2) is 13.2 Å². The van der Waals surface area contributed by atoms with Crippen molar-refractivity contribution < 1.29 is 13.5 Å². The second-order valence-corrected chi connectivity index (χ2v) is 6.63. The first-order valence-electron chi connectivity index (χ1n) is 6.55. The highest BCUT2D eigenvalue weighted by Gasteiger charge is 2.17. The first-order valence-corrected chi connectivity index (χ1v) is 8.16. The molecule has 2 nitrogen and oxygen atoms in total. The van der Waals surface area contributed by atoms with Gasteiger partial charge < -0.3 is 10.1 Å². The number of halogens is 3. The highest BCUT2D eigenvalue weighted by atomic mass is 79.9. The Bertz CT molecular complexity index is 566. The molecule has 0 aliphatic carbocycles. The molecule has 1 aromatic heterocycles. The molecule has 0 radical (unpaired) electrons. The van der Waals surface area contributed by atoms with Crippen molar-refractivity contribution in [1.29, 1.82) is 0 Å². The summed E-state index contributed by atoms with van der Waals surface area (Å²) in [6, 6.07) is 8.91. The van der Waals surface area contributed by atoms with Gasteiger partial charge in [0.25, 0.3) is 0 Å². The van der Waals surface area contributed by atoms with Gasteiger partial charge in [-0.1, -0.05) is 19.1 Å². The maximum Gasteiger partial charge on any atom is 0.387 e. The lowest BCUT2D eigenvalue weighted by Gasteiger charge is -2.17. The maximum atomic E-state index is 12.2. The number of hydrogen-bond donors (Lipinski definition) is 1. The summed E-state index contributed by atoms with van der Waals surface area (Å²) in [5.74, 6) is 0.174. The summed E-state index contributed by atoms with van der Waals surface area (Å²) in [6.07, 6.45) is 0. The smallest absolute Gasteiger partial charge is 0.387 e. The fraction of sp³-hybridized carbons (Fsp3) is 0.333. The summed E-state index contributed by atoms with van der Waals surface area (Å²) in [7, 11) is 0. The van der Waals surface area contributed by atoms with Gasteiger partial charge in [-0.2, -0.15) is 8.78 Å². The largest absolute Gasteiger partial charge is 0.435 e. The van der Waals surface area contributed by atoms with E-state index in [1.165, 1.54) is 9.75 Å². The predicted molar refractivity (Wildman–Crippen MR) is 85.3 cm³/mol. The number of aryl methyl sites for hydroxylation is 1. The minimum atomic E-state index is -2.80. The van der Waals surface area contributed by atoms with Crippen LogP contribution in [0.3, 0.4) is 0 Å². The van der Waals surface area contributed by atoms with Gasteiger partial charge in [0.1, 0.15) is 5.75 Å². The van der Waals surface area contributed by atoms with Crippen molar-refractivity contribution in [3.8, 4) is 5.75 Å². The van der Waals surface area contributed by atoms with Crippen LogP contribution in [0.25, 0.3) is 0 Å². The molecule has 1 aromatic carbocycles. The second-order valence-electron chi connectivity index (χ2n) is 4.49. The normalized spacial score (nSPS) is 12.7. The summed E-state index contributed by atoms with van der Waals surface area (Å²) in [5, 5.41) is 3.42. The topological polar surface area (TPSA) is 21.3 Å². The van der Waals surface area contributed by atoms with Crippen LogP contribution in [0.4, 0.5) is 8.78 Å². The fourth-order valence-electron chi connectivity index (χ4n) is 2.05. The Kier molecular flexibility index (Phi) is 5.72. The van der Waals surface area contributed by atoms with Gasteiger partial charge in [-0.25, -0.2) is 0 Å². The van der Waals surface area contributed by atoms with Gasteiger partial charge in [0, 0.05) is 14.2 Å². The third kappa shape index (κ3) is 4.25. The summed E-state index contributed by atoms with van der Waals surface area (Å²) in [4.78, 5) is 2.40. The number of rotatable bonds is 6. The zero-order chi connectivity index (χ0) is 15.4. The van der Waals surface area contributed by atoms with Crippen LogP contribution >= 0.6 is 27.3 Å². The fourth-order valence-corrected chi connectivity index (χ4v) is 3.72. The van der Waals surface area contributed by atoms with Gasteiger partial charge >= 0.3 is 6.61 Å². The van der Waals surface area contributed by atoms with Gasteiger partial charge in [-0.05, 0) is 53.2 Å². The molecule has 6 heteroatoms. The first-order chi connectivity index (χ1) is 10.0. The monoisotopic (exact) mass is 375 g/mol. The van der Waals surface area contributed by atoms with Gasteiger partial charge in [-0.3, -0.25) is 0 Å². The van der Waals surface area contributed by atoms with Crippen molar-refractivity contribution in [3.63, 3.8) is 0 Å². The van der Waals surface area contributed by atoms with Crippen LogP contribution in [0, 0.1) is 6.92 Å². The molecule has 1 N–H and O–H groups in total. The maximum absolute atomic E-state index is 12.2. The molecule has 0 fully saturated rings. The summed E-state index contributed by atoms with van der Waals surface area (Å²) in [5.41, 5.74) is 1.02. The molecule has 1 atom stereocenters. The van der Waals surface area contributed by atoms with Crippen molar-refractivity contribution in [2.24, 2.45) is 0 Å². The van der Waals surface area contributed by atoms with Gasteiger partial charge in [0.05, 0.1) is 6.04 Å². The molecule has 0 amide bonds. The number of nitrogens with one attached hydrogen (secondary N) is 1. The minimum absolute atomic E-state index is 0.0469. The zero-order valence-electron chi connectivity index (χ0n) is 11.7. The zero-order valence-corrected chi connectivity index (χ0v) is 14.1. The van der Waals surface area contributed by atoms with Crippen molar-refractivity contribution in [1.82, 2.24) is 5.32 Å². The highest BCUT2D eigenvalue weighted by Crippen LogP contribution is 2.34. The van der Waals surface area contributed by atoms with E-state index in [0.29, 0.717) is 0 Å². The lowest BCUT2D eigenvalue weighted by Crippen LogP contribution is -2.21. The first kappa shape index (κ1) is 16.4. The molecular weight excluding hydrogens is 360 g/mol. The van der Waals surface area contributed by atoms with Crippen LogP contribution in [0.1, 0.15) is 28.3 Å². The molecule has 2 rings (SSSR count). The number of ether oxygens (including phenoxy) is 1. The van der Waals surface area contributed by atoms with E-state index in [9.17, 15) is 8.78 Å². The summed E-state index contributed by atoms with van der Waals surface area (Å²) in [6.45, 7) is 2.11. The predicted octanol–water partition coefficient (Wildman–Crippen LogP) is 5.12. The highest BCUT2D eigenvalue weighted by molar-refractivity contribution is 9.10. The van der Waals surface area contributed by atoms with Crippen molar-refractivity contribution in [2.75, 3.05) is 6.54 Å². The van der Waals surface area contributed by atoms with Crippen LogP contribution in [-0.2, 0) is 0 Å². The molecule has 1 heterocycles. The van der Waals surface area contributed by atoms with E-state index in [0.717, 1.165) is 16.6 Å². The van der Waals surface area contributed by atoms with E-state index in [4.69, 9.17) is 0 Å². The van der Waals surface area contributed by atoms with E-state index in [-0.39, 0.29) is 11.8 Å². The Labute approximate surface area is 135 Å². The van der Waals surface area contributed by atoms with Crippen LogP contribution in [0.15, 0.2) is 34.8 Å². The average molecular weight is 376 g/mol. The van der Waals surface area contributed by atoms with Crippen LogP contribution in [0.5, 0.6) is 5.75 Å². The molecule has 0 saturated carbocycles. The Hall–Kier alpha value is -0.980. The molecular formula is C15H16BrF2NOS. The lowest BCUT2D eigenvalue weighted by molar-refractivity contribution is -0.0498. The third-order valence-corrected chi connectivity index (χ3v) is 5.21. The van der Waals surface area contributed by atoms with E-state index in [2.05, 4.69) is 39.0 Å². The van der Waals surface area contributed by atoms with E-state index in [1.807, 2.05) is 19.1 Å². The number of thiophene rings is 1. The SMILES string of the molecule is CCNC(c1ccc(OC(F)F)cc1)c1cc(Br)c(C)s1. The van der Waals surface area contributed by atoms with Crippen LogP contribution in [0.2, 0.25) is 0 Å². The number of hydrogen-bond acceptors (Lipinski definition) is 3. The number of benzene rings is 1. The second kappa shape index (κ2) is 7.33. The average Bonchev–Trinajstić information content (AvgIpc) is 2.76. The van der Waals surface area contributed by atoms with E-state index in [1.54, 1.807) is 23.5 Å². The van der Waals surface area contributed by atoms with Crippen molar-refractivity contribution in [2.45, 2.75) is 26.5 Å². The number of alkyl halides is 2.